The first-order valence-corrected chi connectivity index (χ1v) is 3.34. The van der Waals surface area contributed by atoms with Crippen molar-refractivity contribution in [3.8, 4) is 0 Å². The van der Waals surface area contributed by atoms with Crippen LogP contribution in [0.15, 0.2) is 24.4 Å². The maximum atomic E-state index is 12.9. The molecule has 0 aliphatic carbocycles. The van der Waals surface area contributed by atoms with Gasteiger partial charge in [0.15, 0.2) is 11.6 Å². The number of hydrogen-bond donors (Lipinski definition) is 1. The van der Waals surface area contributed by atoms with Crippen molar-refractivity contribution in [1.29, 1.82) is 0 Å². The summed E-state index contributed by atoms with van der Waals surface area (Å²) in [6, 6.07) is 3.95. The third kappa shape index (κ3) is 0.777. The molecule has 0 spiro atoms. The number of fused-ring (bicyclic) bond motifs is 1. The second-order valence-electron chi connectivity index (χ2n) is 2.46. The molecule has 4 heteroatoms. The molecule has 0 saturated carbocycles. The molecule has 0 aliphatic heterocycles. The van der Waals surface area contributed by atoms with Gasteiger partial charge < -0.3 is 5.21 Å². The minimum absolute atomic E-state index is 0.0810. The number of aromatic nitrogens is 1. The van der Waals surface area contributed by atoms with Crippen LogP contribution in [0, 0.1) is 11.6 Å². The smallest absolute Gasteiger partial charge is 0.152 e. The van der Waals surface area contributed by atoms with E-state index in [-0.39, 0.29) is 10.9 Å². The Balaban J connectivity index is 2.99. The van der Waals surface area contributed by atoms with Gasteiger partial charge in [-0.2, -0.15) is 4.73 Å². The summed E-state index contributed by atoms with van der Waals surface area (Å²) in [7, 11) is 0. The molecule has 0 amide bonds. The number of halogens is 2. The molecular weight excluding hydrogens is 164 g/mol. The van der Waals surface area contributed by atoms with Crippen molar-refractivity contribution < 1.29 is 14.0 Å². The van der Waals surface area contributed by atoms with Crippen LogP contribution in [0.1, 0.15) is 0 Å². The molecule has 12 heavy (non-hydrogen) atoms. The van der Waals surface area contributed by atoms with Gasteiger partial charge in [-0.1, -0.05) is 6.07 Å². The van der Waals surface area contributed by atoms with Gasteiger partial charge in [0.25, 0.3) is 0 Å². The third-order valence-corrected chi connectivity index (χ3v) is 1.71. The van der Waals surface area contributed by atoms with Crippen LogP contribution < -0.4 is 0 Å². The van der Waals surface area contributed by atoms with Crippen molar-refractivity contribution in [2.75, 3.05) is 0 Å². The van der Waals surface area contributed by atoms with Crippen LogP contribution in [-0.2, 0) is 0 Å². The monoisotopic (exact) mass is 169 g/mol. The van der Waals surface area contributed by atoms with Crippen molar-refractivity contribution in [3.05, 3.63) is 36.0 Å². The summed E-state index contributed by atoms with van der Waals surface area (Å²) in [6.45, 7) is 0. The first-order chi connectivity index (χ1) is 5.70. The first-order valence-electron chi connectivity index (χ1n) is 3.34. The number of para-hydroxylation sites is 1. The Morgan fingerprint density at radius 2 is 1.92 bits per heavy atom. The maximum Gasteiger partial charge on any atom is 0.152 e. The fraction of sp³-hybridized carbons (Fsp3) is 0. The molecule has 0 fully saturated rings. The van der Waals surface area contributed by atoms with E-state index in [0.717, 1.165) is 12.3 Å². The lowest BCUT2D eigenvalue weighted by Gasteiger charge is -1.94. The summed E-state index contributed by atoms with van der Waals surface area (Å²) >= 11 is 0. The lowest BCUT2D eigenvalue weighted by Crippen LogP contribution is -1.88. The van der Waals surface area contributed by atoms with E-state index in [1.54, 1.807) is 0 Å². The number of benzene rings is 1. The maximum absolute atomic E-state index is 12.9. The van der Waals surface area contributed by atoms with Crippen LogP contribution in [0.4, 0.5) is 8.78 Å². The molecule has 0 atom stereocenters. The Kier molecular flexibility index (Phi) is 1.30. The van der Waals surface area contributed by atoms with Crippen molar-refractivity contribution in [2.24, 2.45) is 0 Å². The summed E-state index contributed by atoms with van der Waals surface area (Å²) in [5, 5.41) is 9.09. The fourth-order valence-electron chi connectivity index (χ4n) is 1.18. The second-order valence-corrected chi connectivity index (χ2v) is 2.46. The van der Waals surface area contributed by atoms with Gasteiger partial charge in [-0.3, -0.25) is 0 Å². The van der Waals surface area contributed by atoms with Crippen LogP contribution in [0.5, 0.6) is 0 Å². The first kappa shape index (κ1) is 7.09. The average molecular weight is 169 g/mol. The Bertz CT molecular complexity index is 436. The van der Waals surface area contributed by atoms with E-state index >= 15 is 0 Å². The van der Waals surface area contributed by atoms with E-state index in [4.69, 9.17) is 5.21 Å². The predicted molar refractivity (Wildman–Crippen MR) is 39.0 cm³/mol. The highest BCUT2D eigenvalue weighted by atomic mass is 19.1. The topological polar surface area (TPSA) is 25.2 Å². The van der Waals surface area contributed by atoms with Gasteiger partial charge in [0, 0.05) is 5.39 Å². The van der Waals surface area contributed by atoms with Gasteiger partial charge in [-0.05, 0) is 12.1 Å². The Morgan fingerprint density at radius 3 is 2.58 bits per heavy atom. The molecule has 1 heterocycles. The van der Waals surface area contributed by atoms with Crippen LogP contribution >= 0.6 is 0 Å². The molecule has 0 radical (unpaired) electrons. The van der Waals surface area contributed by atoms with E-state index in [9.17, 15) is 8.78 Å². The van der Waals surface area contributed by atoms with Gasteiger partial charge in [0.1, 0.15) is 5.52 Å². The second kappa shape index (κ2) is 2.20. The summed E-state index contributed by atoms with van der Waals surface area (Å²) in [5.41, 5.74) is -0.130. The summed E-state index contributed by atoms with van der Waals surface area (Å²) in [5.74, 6) is -1.27. The third-order valence-electron chi connectivity index (χ3n) is 1.71. The lowest BCUT2D eigenvalue weighted by atomic mass is 10.2. The van der Waals surface area contributed by atoms with E-state index in [1.807, 2.05) is 0 Å². The number of hydrogen-bond acceptors (Lipinski definition) is 1. The normalized spacial score (nSPS) is 10.8. The fourth-order valence-corrected chi connectivity index (χ4v) is 1.18. The van der Waals surface area contributed by atoms with E-state index in [2.05, 4.69) is 0 Å². The highest BCUT2D eigenvalue weighted by molar-refractivity contribution is 5.80. The van der Waals surface area contributed by atoms with Crippen molar-refractivity contribution >= 4 is 10.9 Å². The molecule has 0 saturated heterocycles. The highest BCUT2D eigenvalue weighted by Crippen LogP contribution is 2.20. The van der Waals surface area contributed by atoms with E-state index < -0.39 is 11.6 Å². The van der Waals surface area contributed by atoms with Gasteiger partial charge in [0.05, 0.1) is 6.20 Å². The zero-order valence-electron chi connectivity index (χ0n) is 5.96. The molecule has 2 rings (SSSR count). The Hall–Kier alpha value is -1.58. The Labute approximate surface area is 66.6 Å². The molecule has 1 aromatic heterocycles. The van der Waals surface area contributed by atoms with Crippen LogP contribution in [-0.4, -0.2) is 9.94 Å². The molecular formula is C8H5F2NO. The molecule has 1 N–H and O–H groups in total. The van der Waals surface area contributed by atoms with Crippen LogP contribution in [0.2, 0.25) is 0 Å². The molecule has 0 unspecified atom stereocenters. The molecule has 2 nitrogen and oxygen atoms in total. The van der Waals surface area contributed by atoms with Crippen molar-refractivity contribution in [2.45, 2.75) is 0 Å². The number of nitrogens with zero attached hydrogens (tertiary/aromatic N) is 1. The van der Waals surface area contributed by atoms with Gasteiger partial charge >= 0.3 is 0 Å². The quantitative estimate of drug-likeness (QED) is 0.600. The molecule has 62 valence electrons. The zero-order valence-corrected chi connectivity index (χ0v) is 5.96. The van der Waals surface area contributed by atoms with Crippen LogP contribution in [0.3, 0.4) is 0 Å². The average Bonchev–Trinajstić information content (AvgIpc) is 2.29. The SMILES string of the molecule is On1cc(F)c2cccc(F)c21. The van der Waals surface area contributed by atoms with Gasteiger partial charge in [-0.15, -0.1) is 0 Å². The largest absolute Gasteiger partial charge is 0.428 e. The van der Waals surface area contributed by atoms with Crippen molar-refractivity contribution in [1.82, 2.24) is 4.73 Å². The molecule has 2 aromatic rings. The zero-order chi connectivity index (χ0) is 8.72. The standard InChI is InChI=1S/C8H5F2NO/c9-6-3-1-2-5-7(10)4-11(12)8(5)6/h1-4,12H. The summed E-state index contributed by atoms with van der Waals surface area (Å²) < 4.78 is 26.2. The van der Waals surface area contributed by atoms with Gasteiger partial charge in [0.2, 0.25) is 0 Å². The van der Waals surface area contributed by atoms with Crippen LogP contribution in [0.25, 0.3) is 10.9 Å². The summed E-state index contributed by atoms with van der Waals surface area (Å²) in [6.07, 6.45) is 0.827. The Morgan fingerprint density at radius 1 is 1.17 bits per heavy atom. The van der Waals surface area contributed by atoms with E-state index in [0.29, 0.717) is 4.73 Å². The predicted octanol–water partition coefficient (Wildman–Crippen LogP) is 2.16. The number of rotatable bonds is 0. The lowest BCUT2D eigenvalue weighted by molar-refractivity contribution is 0.196. The minimum Gasteiger partial charge on any atom is -0.428 e. The van der Waals surface area contributed by atoms with E-state index in [1.165, 1.54) is 12.1 Å². The molecule has 0 aliphatic rings. The summed E-state index contributed by atoms with van der Waals surface area (Å²) in [4.78, 5) is 0. The molecule has 1 aromatic carbocycles. The minimum atomic E-state index is -0.640. The molecule has 0 bridgehead atoms. The van der Waals surface area contributed by atoms with Crippen molar-refractivity contribution in [3.63, 3.8) is 0 Å². The highest BCUT2D eigenvalue weighted by Gasteiger charge is 2.10. The van der Waals surface area contributed by atoms with Gasteiger partial charge in [-0.25, -0.2) is 8.78 Å².